The summed E-state index contributed by atoms with van der Waals surface area (Å²) in [6, 6.07) is 11.8. The van der Waals surface area contributed by atoms with Crippen LogP contribution in [0.25, 0.3) is 6.08 Å². The van der Waals surface area contributed by atoms with E-state index in [-0.39, 0.29) is 20.7 Å². The zero-order valence-electron chi connectivity index (χ0n) is 14.4. The number of halogens is 2. The molecule has 1 N–H and O–H groups in total. The highest BCUT2D eigenvalue weighted by Crippen LogP contribution is 2.34. The number of rotatable bonds is 5. The number of thiocarbonyl (C=S) groups is 1. The molecular weight excluding hydrogens is 419 g/mol. The normalized spacial score (nSPS) is 15.6. The minimum absolute atomic E-state index is 0.0653. The van der Waals surface area contributed by atoms with Crippen molar-refractivity contribution in [2.24, 2.45) is 0 Å². The van der Waals surface area contributed by atoms with Crippen molar-refractivity contribution in [3.63, 3.8) is 0 Å². The van der Waals surface area contributed by atoms with Crippen LogP contribution in [0.15, 0.2) is 60.7 Å². The first-order valence-electron chi connectivity index (χ1n) is 8.11. The summed E-state index contributed by atoms with van der Waals surface area (Å²) in [7, 11) is 0. The van der Waals surface area contributed by atoms with Crippen LogP contribution >= 0.6 is 35.4 Å². The van der Waals surface area contributed by atoms with Crippen molar-refractivity contribution in [3.05, 3.63) is 76.3 Å². The summed E-state index contributed by atoms with van der Waals surface area (Å²) in [5, 5.41) is 2.88. The number of nitrogens with zero attached hydrogens (tertiary/aromatic N) is 1. The molecule has 1 fully saturated rings. The van der Waals surface area contributed by atoms with Crippen molar-refractivity contribution >= 4 is 64.1 Å². The second kappa shape index (κ2) is 8.56. The molecule has 0 spiro atoms. The Kier molecular flexibility index (Phi) is 6.14. The van der Waals surface area contributed by atoms with E-state index in [2.05, 4.69) is 11.9 Å². The molecule has 0 atom stereocenters. The number of benzene rings is 2. The fourth-order valence-electron chi connectivity index (χ4n) is 2.52. The Bertz CT molecular complexity index is 1000. The van der Waals surface area contributed by atoms with Gasteiger partial charge in [0.2, 0.25) is 0 Å². The number of hydrogen-bond acceptors (Lipinski definition) is 4. The van der Waals surface area contributed by atoms with Crippen LogP contribution in [0.2, 0.25) is 10.0 Å². The molecular formula is C20H14Cl2N2O3S. The van der Waals surface area contributed by atoms with Gasteiger partial charge in [0.1, 0.15) is 17.9 Å². The lowest BCUT2D eigenvalue weighted by atomic mass is 10.1. The molecule has 5 nitrogen and oxygen atoms in total. The van der Waals surface area contributed by atoms with Crippen LogP contribution in [0.4, 0.5) is 5.69 Å². The van der Waals surface area contributed by atoms with Crippen LogP contribution in [0.5, 0.6) is 5.75 Å². The topological polar surface area (TPSA) is 58.6 Å². The van der Waals surface area contributed by atoms with Crippen molar-refractivity contribution in [1.82, 2.24) is 5.32 Å². The van der Waals surface area contributed by atoms with Gasteiger partial charge in [0.05, 0.1) is 15.7 Å². The standard InChI is InChI=1S/C20H14Cl2N2O3S/c1-2-10-27-13-8-6-12(7-9-13)11-14-18(25)23-20(28)24(19(14)26)16-5-3-4-15(21)17(16)22/h2-9,11H,1,10H2,(H,23,25,28). The Morgan fingerprint density at radius 1 is 1.14 bits per heavy atom. The molecule has 0 radical (unpaired) electrons. The van der Waals surface area contributed by atoms with E-state index < -0.39 is 11.8 Å². The highest BCUT2D eigenvalue weighted by molar-refractivity contribution is 7.80. The fraction of sp³-hybridized carbons (Fsp3) is 0.0500. The van der Waals surface area contributed by atoms with E-state index in [0.717, 1.165) is 4.90 Å². The number of carbonyl (C=O) groups is 2. The van der Waals surface area contributed by atoms with Crippen LogP contribution in [-0.4, -0.2) is 23.5 Å². The predicted octanol–water partition coefficient (Wildman–Crippen LogP) is 4.39. The minimum Gasteiger partial charge on any atom is -0.490 e. The van der Waals surface area contributed by atoms with Crippen molar-refractivity contribution in [2.75, 3.05) is 11.5 Å². The van der Waals surface area contributed by atoms with Crippen molar-refractivity contribution in [3.8, 4) is 5.75 Å². The number of ether oxygens (including phenoxy) is 1. The first-order chi connectivity index (χ1) is 13.4. The average molecular weight is 433 g/mol. The first-order valence-corrected chi connectivity index (χ1v) is 9.28. The summed E-state index contributed by atoms with van der Waals surface area (Å²) in [6.45, 7) is 3.97. The maximum atomic E-state index is 13.0. The van der Waals surface area contributed by atoms with Crippen LogP contribution in [0.3, 0.4) is 0 Å². The Balaban J connectivity index is 1.94. The van der Waals surface area contributed by atoms with Gasteiger partial charge in [0, 0.05) is 0 Å². The monoisotopic (exact) mass is 432 g/mol. The maximum Gasteiger partial charge on any atom is 0.270 e. The lowest BCUT2D eigenvalue weighted by Gasteiger charge is -2.29. The number of nitrogens with one attached hydrogen (secondary N) is 1. The molecule has 1 aliphatic heterocycles. The van der Waals surface area contributed by atoms with E-state index in [9.17, 15) is 9.59 Å². The summed E-state index contributed by atoms with van der Waals surface area (Å²) in [4.78, 5) is 26.5. The Morgan fingerprint density at radius 2 is 1.86 bits per heavy atom. The lowest BCUT2D eigenvalue weighted by Crippen LogP contribution is -2.54. The third kappa shape index (κ3) is 4.09. The van der Waals surface area contributed by atoms with Gasteiger partial charge < -0.3 is 4.74 Å². The lowest BCUT2D eigenvalue weighted by molar-refractivity contribution is -0.122. The molecule has 0 saturated carbocycles. The van der Waals surface area contributed by atoms with Crippen LogP contribution in [0.1, 0.15) is 5.56 Å². The van der Waals surface area contributed by atoms with Gasteiger partial charge in [-0.1, -0.05) is 54.1 Å². The first kappa shape index (κ1) is 20.1. The number of anilines is 1. The fourth-order valence-corrected chi connectivity index (χ4v) is 3.18. The second-order valence-corrected chi connectivity index (χ2v) is 6.87. The molecule has 0 unspecified atom stereocenters. The molecule has 2 aromatic rings. The molecule has 28 heavy (non-hydrogen) atoms. The van der Waals surface area contributed by atoms with Crippen LogP contribution in [0, 0.1) is 0 Å². The summed E-state index contributed by atoms with van der Waals surface area (Å²) >= 11 is 17.4. The van der Waals surface area contributed by atoms with Crippen molar-refractivity contribution in [1.29, 1.82) is 0 Å². The number of hydrogen-bond donors (Lipinski definition) is 1. The highest BCUT2D eigenvalue weighted by Gasteiger charge is 2.35. The average Bonchev–Trinajstić information content (AvgIpc) is 2.67. The highest BCUT2D eigenvalue weighted by atomic mass is 35.5. The van der Waals surface area contributed by atoms with Crippen LogP contribution in [-0.2, 0) is 9.59 Å². The summed E-state index contributed by atoms with van der Waals surface area (Å²) in [5.41, 5.74) is 0.863. The van der Waals surface area contributed by atoms with E-state index >= 15 is 0 Å². The van der Waals surface area contributed by atoms with E-state index in [1.807, 2.05) is 0 Å². The summed E-state index contributed by atoms with van der Waals surface area (Å²) < 4.78 is 5.42. The molecule has 0 bridgehead atoms. The molecule has 0 aromatic heterocycles. The van der Waals surface area contributed by atoms with Crippen molar-refractivity contribution < 1.29 is 14.3 Å². The van der Waals surface area contributed by atoms with Gasteiger partial charge >= 0.3 is 0 Å². The largest absolute Gasteiger partial charge is 0.490 e. The zero-order valence-corrected chi connectivity index (χ0v) is 16.8. The maximum absolute atomic E-state index is 13.0. The molecule has 2 aromatic carbocycles. The predicted molar refractivity (Wildman–Crippen MR) is 115 cm³/mol. The molecule has 142 valence electrons. The molecule has 1 saturated heterocycles. The molecule has 1 aliphatic rings. The molecule has 2 amide bonds. The minimum atomic E-state index is -0.593. The van der Waals surface area contributed by atoms with Gasteiger partial charge in [-0.15, -0.1) is 0 Å². The van der Waals surface area contributed by atoms with E-state index in [1.165, 1.54) is 6.08 Å². The summed E-state index contributed by atoms with van der Waals surface area (Å²) in [6.07, 6.45) is 3.11. The number of carbonyl (C=O) groups excluding carboxylic acids is 2. The van der Waals surface area contributed by atoms with Gasteiger partial charge in [-0.3, -0.25) is 19.8 Å². The van der Waals surface area contributed by atoms with Gasteiger partial charge in [-0.25, -0.2) is 0 Å². The van der Waals surface area contributed by atoms with Gasteiger partial charge in [-0.05, 0) is 48.1 Å². The Labute approximate surface area is 177 Å². The number of amides is 2. The summed E-state index contributed by atoms with van der Waals surface area (Å²) in [5.74, 6) is -0.531. The zero-order chi connectivity index (χ0) is 20.3. The Hall–Kier alpha value is -2.67. The van der Waals surface area contributed by atoms with Crippen LogP contribution < -0.4 is 15.0 Å². The smallest absolute Gasteiger partial charge is 0.270 e. The SMILES string of the molecule is C=CCOc1ccc(C=C2C(=O)NC(=S)N(c3cccc(Cl)c3Cl)C2=O)cc1. The van der Waals surface area contributed by atoms with Crippen molar-refractivity contribution in [2.45, 2.75) is 0 Å². The molecule has 0 aliphatic carbocycles. The molecule has 1 heterocycles. The molecule has 3 rings (SSSR count). The van der Waals surface area contributed by atoms with E-state index in [0.29, 0.717) is 23.6 Å². The third-order valence-corrected chi connectivity index (χ3v) is 4.93. The van der Waals surface area contributed by atoms with Gasteiger partial charge in [0.25, 0.3) is 11.8 Å². The van der Waals surface area contributed by atoms with Gasteiger partial charge in [-0.2, -0.15) is 0 Å². The quantitative estimate of drug-likeness (QED) is 0.329. The second-order valence-electron chi connectivity index (χ2n) is 5.70. The van der Waals surface area contributed by atoms with E-state index in [4.69, 9.17) is 40.2 Å². The third-order valence-electron chi connectivity index (χ3n) is 3.83. The van der Waals surface area contributed by atoms with Gasteiger partial charge in [0.15, 0.2) is 5.11 Å². The molecule has 8 heteroatoms. The van der Waals surface area contributed by atoms with E-state index in [1.54, 1.807) is 48.5 Å². The Morgan fingerprint density at radius 3 is 2.54 bits per heavy atom.